The number of amides is 2. The van der Waals surface area contributed by atoms with E-state index in [2.05, 4.69) is 21.0 Å². The first kappa shape index (κ1) is 17.8. The fraction of sp³-hybridized carbons (Fsp3) is 0.389. The Bertz CT molecular complexity index is 883. The summed E-state index contributed by atoms with van der Waals surface area (Å²) in [6.45, 7) is 1.94. The molecule has 9 heteroatoms. The summed E-state index contributed by atoms with van der Waals surface area (Å²) in [5.41, 5.74) is 0.0996. The summed E-state index contributed by atoms with van der Waals surface area (Å²) in [7, 11) is 0. The van der Waals surface area contributed by atoms with Crippen molar-refractivity contribution in [3.63, 3.8) is 0 Å². The van der Waals surface area contributed by atoms with E-state index in [1.807, 2.05) is 12.2 Å². The van der Waals surface area contributed by atoms with Gasteiger partial charge in [0.15, 0.2) is 0 Å². The van der Waals surface area contributed by atoms with Crippen molar-refractivity contribution in [1.29, 1.82) is 0 Å². The fourth-order valence-corrected chi connectivity index (χ4v) is 4.72. The molecule has 0 spiro atoms. The summed E-state index contributed by atoms with van der Waals surface area (Å²) >= 11 is 3.23. The average molecular weight is 434 g/mol. The number of ether oxygens (including phenoxy) is 1. The van der Waals surface area contributed by atoms with Crippen molar-refractivity contribution < 1.29 is 19.2 Å². The highest BCUT2D eigenvalue weighted by atomic mass is 79.9. The molecule has 4 atom stereocenters. The second-order valence-corrected chi connectivity index (χ2v) is 7.68. The van der Waals surface area contributed by atoms with Crippen LogP contribution in [0.5, 0.6) is 5.75 Å². The van der Waals surface area contributed by atoms with Gasteiger partial charge in [0.2, 0.25) is 5.75 Å². The summed E-state index contributed by atoms with van der Waals surface area (Å²) in [4.78, 5) is 36.1. The first-order valence-corrected chi connectivity index (χ1v) is 9.42. The van der Waals surface area contributed by atoms with Crippen LogP contribution < -0.4 is 4.74 Å². The molecule has 27 heavy (non-hydrogen) atoms. The van der Waals surface area contributed by atoms with Gasteiger partial charge in [-0.3, -0.25) is 19.7 Å². The number of nitrogens with zero attached hydrogens (tertiary/aromatic N) is 3. The lowest BCUT2D eigenvalue weighted by molar-refractivity contribution is -0.385. The molecule has 1 aromatic rings. The minimum absolute atomic E-state index is 0.0514. The van der Waals surface area contributed by atoms with Gasteiger partial charge in [-0.25, -0.2) is 0 Å². The van der Waals surface area contributed by atoms with Crippen LogP contribution in [0.1, 0.15) is 18.9 Å². The highest BCUT2D eigenvalue weighted by Crippen LogP contribution is 2.52. The maximum atomic E-state index is 12.7. The van der Waals surface area contributed by atoms with Crippen molar-refractivity contribution in [2.75, 3.05) is 6.61 Å². The van der Waals surface area contributed by atoms with Crippen LogP contribution in [-0.4, -0.2) is 34.6 Å². The second kappa shape index (κ2) is 6.56. The summed E-state index contributed by atoms with van der Waals surface area (Å²) in [5.74, 6) is -1.04. The summed E-state index contributed by atoms with van der Waals surface area (Å²) < 4.78 is 5.89. The van der Waals surface area contributed by atoms with Gasteiger partial charge < -0.3 is 4.74 Å². The minimum atomic E-state index is -0.549. The van der Waals surface area contributed by atoms with Gasteiger partial charge in [0.1, 0.15) is 0 Å². The Hall–Kier alpha value is -2.55. The van der Waals surface area contributed by atoms with Gasteiger partial charge in [0.05, 0.1) is 29.6 Å². The SMILES string of the molecule is CCOc1c(C=NN2C(=O)C3C4C=CC(C4)C3C2=O)cc(Br)cc1[N+](=O)[O-]. The molecule has 0 radical (unpaired) electrons. The van der Waals surface area contributed by atoms with E-state index in [4.69, 9.17) is 4.74 Å². The van der Waals surface area contributed by atoms with Crippen molar-refractivity contribution in [3.05, 3.63) is 44.4 Å². The normalized spacial score (nSPS) is 28.4. The zero-order valence-corrected chi connectivity index (χ0v) is 16.0. The molecule has 1 saturated heterocycles. The van der Waals surface area contributed by atoms with Gasteiger partial charge in [-0.1, -0.05) is 28.1 Å². The number of rotatable bonds is 5. The van der Waals surface area contributed by atoms with Gasteiger partial charge >= 0.3 is 5.69 Å². The van der Waals surface area contributed by atoms with Gasteiger partial charge in [-0.05, 0) is 31.2 Å². The maximum absolute atomic E-state index is 12.7. The Labute approximate surface area is 163 Å². The minimum Gasteiger partial charge on any atom is -0.487 e. The number of benzene rings is 1. The lowest BCUT2D eigenvalue weighted by Gasteiger charge is -2.13. The monoisotopic (exact) mass is 433 g/mol. The number of fused-ring (bicyclic) bond motifs is 5. The number of nitro groups is 1. The molecule has 8 nitrogen and oxygen atoms in total. The smallest absolute Gasteiger partial charge is 0.312 e. The van der Waals surface area contributed by atoms with Crippen molar-refractivity contribution in [3.8, 4) is 5.75 Å². The van der Waals surface area contributed by atoms with Crippen molar-refractivity contribution >= 4 is 39.6 Å². The highest BCUT2D eigenvalue weighted by Gasteiger charge is 2.59. The molecule has 2 aliphatic carbocycles. The summed E-state index contributed by atoms with van der Waals surface area (Å²) in [5, 5.41) is 16.3. The van der Waals surface area contributed by atoms with Crippen LogP contribution in [-0.2, 0) is 9.59 Å². The molecule has 1 heterocycles. The first-order chi connectivity index (χ1) is 12.9. The molecule has 0 N–H and O–H groups in total. The Morgan fingerprint density at radius 2 is 1.93 bits per heavy atom. The molecule has 4 rings (SSSR count). The molecular formula is C18H16BrN3O5. The summed E-state index contributed by atoms with van der Waals surface area (Å²) in [6.07, 6.45) is 6.13. The van der Waals surface area contributed by atoms with Crippen LogP contribution in [0.4, 0.5) is 5.69 Å². The molecule has 1 aromatic carbocycles. The van der Waals surface area contributed by atoms with Crippen LogP contribution in [0.15, 0.2) is 33.9 Å². The third kappa shape index (κ3) is 2.77. The molecule has 2 amide bonds. The van der Waals surface area contributed by atoms with E-state index in [1.165, 1.54) is 12.3 Å². The van der Waals surface area contributed by atoms with Crippen LogP contribution in [0.2, 0.25) is 0 Å². The second-order valence-electron chi connectivity index (χ2n) is 6.77. The Morgan fingerprint density at radius 3 is 2.48 bits per heavy atom. The van der Waals surface area contributed by atoms with Gasteiger partial charge in [-0.15, -0.1) is 0 Å². The molecule has 2 bridgehead atoms. The van der Waals surface area contributed by atoms with Crippen molar-refractivity contribution in [2.24, 2.45) is 28.8 Å². The Kier molecular flexibility index (Phi) is 4.33. The summed E-state index contributed by atoms with van der Waals surface area (Å²) in [6, 6.07) is 2.93. The van der Waals surface area contributed by atoms with E-state index < -0.39 is 4.92 Å². The number of hydrogen-bond donors (Lipinski definition) is 0. The molecule has 140 valence electrons. The number of nitro benzene ring substituents is 1. The largest absolute Gasteiger partial charge is 0.487 e. The lowest BCUT2D eigenvalue weighted by atomic mass is 9.85. The van der Waals surface area contributed by atoms with Gasteiger partial charge in [0, 0.05) is 16.1 Å². The van der Waals surface area contributed by atoms with E-state index in [-0.39, 0.29) is 53.5 Å². The number of hydrogen-bond acceptors (Lipinski definition) is 6. The zero-order chi connectivity index (χ0) is 19.3. The average Bonchev–Trinajstić information content (AvgIpc) is 3.29. The van der Waals surface area contributed by atoms with Crippen LogP contribution in [0.3, 0.4) is 0 Å². The first-order valence-electron chi connectivity index (χ1n) is 8.63. The number of carbonyl (C=O) groups excluding carboxylic acids is 2. The van der Waals surface area contributed by atoms with Crippen LogP contribution >= 0.6 is 15.9 Å². The van der Waals surface area contributed by atoms with Crippen LogP contribution in [0, 0.1) is 33.8 Å². The molecule has 1 saturated carbocycles. The zero-order valence-electron chi connectivity index (χ0n) is 14.4. The topological polar surface area (TPSA) is 102 Å². The van der Waals surface area contributed by atoms with E-state index >= 15 is 0 Å². The van der Waals surface area contributed by atoms with Crippen molar-refractivity contribution in [1.82, 2.24) is 5.01 Å². The van der Waals surface area contributed by atoms with E-state index in [0.29, 0.717) is 10.0 Å². The highest BCUT2D eigenvalue weighted by molar-refractivity contribution is 9.10. The van der Waals surface area contributed by atoms with E-state index in [9.17, 15) is 19.7 Å². The third-order valence-corrected chi connectivity index (χ3v) is 5.77. The van der Waals surface area contributed by atoms with Gasteiger partial charge in [-0.2, -0.15) is 10.1 Å². The quantitative estimate of drug-likeness (QED) is 0.233. The Morgan fingerprint density at radius 1 is 1.30 bits per heavy atom. The molecule has 2 fully saturated rings. The number of hydrazone groups is 1. The standard InChI is InChI=1S/C18H16BrN3O5/c1-2-27-16-11(6-12(19)7-13(16)22(25)26)8-20-21-17(23)14-9-3-4-10(5-9)15(14)18(21)24/h3-4,6-10,14-15H,2,5H2,1H3. The molecule has 4 unspecified atom stereocenters. The number of halogens is 1. The fourth-order valence-electron chi connectivity index (χ4n) is 4.25. The Balaban J connectivity index is 1.67. The molecule has 3 aliphatic rings. The van der Waals surface area contributed by atoms with Gasteiger partial charge in [0.25, 0.3) is 11.8 Å². The molecule has 0 aromatic heterocycles. The van der Waals surface area contributed by atoms with E-state index in [1.54, 1.807) is 13.0 Å². The third-order valence-electron chi connectivity index (χ3n) is 5.31. The lowest BCUT2D eigenvalue weighted by Crippen LogP contribution is -2.28. The number of carbonyl (C=O) groups is 2. The molecule has 1 aliphatic heterocycles. The van der Waals surface area contributed by atoms with Crippen LogP contribution in [0.25, 0.3) is 0 Å². The number of imide groups is 1. The van der Waals surface area contributed by atoms with Crippen molar-refractivity contribution in [2.45, 2.75) is 13.3 Å². The number of allylic oxidation sites excluding steroid dienone is 2. The predicted octanol–water partition coefficient (Wildman–Crippen LogP) is 2.90. The van der Waals surface area contributed by atoms with E-state index in [0.717, 1.165) is 11.4 Å². The predicted molar refractivity (Wildman–Crippen MR) is 99.1 cm³/mol. The molecular weight excluding hydrogens is 418 g/mol. The maximum Gasteiger partial charge on any atom is 0.312 e.